The molecule has 270 valence electrons. The van der Waals surface area contributed by atoms with Crippen LogP contribution < -0.4 is 0 Å². The van der Waals surface area contributed by atoms with E-state index in [9.17, 15) is 45.6 Å². The predicted molar refractivity (Wildman–Crippen MR) is 177 cm³/mol. The number of ketones is 1. The third-order valence-corrected chi connectivity index (χ3v) is 16.0. The van der Waals surface area contributed by atoms with Crippen LogP contribution in [0, 0.1) is 40.4 Å². The van der Waals surface area contributed by atoms with E-state index >= 15 is 0 Å². The van der Waals surface area contributed by atoms with Gasteiger partial charge in [-0.25, -0.2) is 0 Å². The molecular formula is C39H54O10. The normalized spacial score (nSPS) is 53.1. The lowest BCUT2D eigenvalue weighted by atomic mass is 9.41. The second-order valence-electron chi connectivity index (χ2n) is 17.9. The predicted octanol–water partition coefficient (Wildman–Crippen LogP) is 2.99. The lowest BCUT2D eigenvalue weighted by molar-refractivity contribution is -0.234. The summed E-state index contributed by atoms with van der Waals surface area (Å²) in [6, 6.07) is 2.76. The van der Waals surface area contributed by atoms with E-state index in [1.54, 1.807) is 6.08 Å². The van der Waals surface area contributed by atoms with Crippen molar-refractivity contribution in [1.29, 1.82) is 0 Å². The molecule has 8 rings (SSSR count). The molecule has 5 fully saturated rings. The summed E-state index contributed by atoms with van der Waals surface area (Å²) in [5.74, 6) is -3.10. The minimum Gasteiger partial charge on any atom is -0.508 e. The Morgan fingerprint density at radius 1 is 0.959 bits per heavy atom. The maximum Gasteiger partial charge on any atom is 0.160 e. The van der Waals surface area contributed by atoms with Gasteiger partial charge < -0.3 is 45.6 Å². The van der Waals surface area contributed by atoms with Crippen LogP contribution in [0.2, 0.25) is 0 Å². The number of aliphatic hydroxyl groups excluding tert-OH is 3. The first-order valence-electron chi connectivity index (χ1n) is 18.6. The molecule has 0 bridgehead atoms. The number of aliphatic hydroxyl groups is 6. The van der Waals surface area contributed by atoms with Crippen LogP contribution in [0.4, 0.5) is 0 Å². The largest absolute Gasteiger partial charge is 0.508 e. The molecule has 6 aliphatic carbocycles. The fourth-order valence-corrected chi connectivity index (χ4v) is 13.5. The van der Waals surface area contributed by atoms with Crippen LogP contribution in [-0.2, 0) is 16.0 Å². The first-order chi connectivity index (χ1) is 22.9. The Hall–Kier alpha value is -2.05. The Balaban J connectivity index is 1.23. The molecule has 1 aromatic rings. The summed E-state index contributed by atoms with van der Waals surface area (Å²) >= 11 is 0. The highest BCUT2D eigenvalue weighted by atomic mass is 16.6. The van der Waals surface area contributed by atoms with Gasteiger partial charge in [0.05, 0.1) is 29.5 Å². The molecule has 7 aliphatic rings. The van der Waals surface area contributed by atoms with Crippen molar-refractivity contribution >= 4 is 5.78 Å². The van der Waals surface area contributed by atoms with E-state index in [0.29, 0.717) is 42.4 Å². The molecular weight excluding hydrogens is 628 g/mol. The Morgan fingerprint density at radius 2 is 1.69 bits per heavy atom. The molecule has 0 aromatic heterocycles. The molecule has 15 atom stereocenters. The van der Waals surface area contributed by atoms with Crippen LogP contribution in [-0.4, -0.2) is 94.0 Å². The molecule has 0 amide bonds. The van der Waals surface area contributed by atoms with Crippen LogP contribution in [0.1, 0.15) is 103 Å². The van der Waals surface area contributed by atoms with Crippen molar-refractivity contribution in [2.24, 2.45) is 40.4 Å². The number of phenolic OH excluding ortho intramolecular Hbond substituents is 2. The Labute approximate surface area is 287 Å². The van der Waals surface area contributed by atoms with E-state index in [2.05, 4.69) is 6.92 Å². The molecule has 1 saturated heterocycles. The minimum absolute atomic E-state index is 0.00918. The molecule has 1 aliphatic heterocycles. The van der Waals surface area contributed by atoms with Crippen molar-refractivity contribution in [3.05, 3.63) is 34.9 Å². The van der Waals surface area contributed by atoms with Crippen molar-refractivity contribution in [2.75, 3.05) is 6.61 Å². The average Bonchev–Trinajstić information content (AvgIpc) is 3.36. The molecule has 10 nitrogen and oxygen atoms in total. The van der Waals surface area contributed by atoms with Crippen molar-refractivity contribution in [3.63, 3.8) is 0 Å². The number of hydrogen-bond donors (Lipinski definition) is 8. The van der Waals surface area contributed by atoms with Gasteiger partial charge in [0.2, 0.25) is 0 Å². The first kappa shape index (κ1) is 34.1. The highest BCUT2D eigenvalue weighted by Gasteiger charge is 2.80. The van der Waals surface area contributed by atoms with Crippen molar-refractivity contribution in [3.8, 4) is 11.5 Å². The average molecular weight is 683 g/mol. The quantitative estimate of drug-likeness (QED) is 0.230. The number of carbonyl (C=O) groups is 1. The third-order valence-electron chi connectivity index (χ3n) is 16.0. The van der Waals surface area contributed by atoms with Crippen molar-refractivity contribution < 1.29 is 50.4 Å². The number of allylic oxidation sites excluding steroid dienone is 1. The van der Waals surface area contributed by atoms with Crippen molar-refractivity contribution in [2.45, 2.75) is 139 Å². The summed E-state index contributed by atoms with van der Waals surface area (Å²) in [5.41, 5.74) is -6.35. The monoisotopic (exact) mass is 682 g/mol. The van der Waals surface area contributed by atoms with Gasteiger partial charge in [-0.1, -0.05) is 40.5 Å². The van der Waals surface area contributed by atoms with E-state index in [1.165, 1.54) is 12.1 Å². The van der Waals surface area contributed by atoms with Gasteiger partial charge in [0.15, 0.2) is 5.78 Å². The minimum atomic E-state index is -1.64. The van der Waals surface area contributed by atoms with Crippen LogP contribution in [0.25, 0.3) is 0 Å². The van der Waals surface area contributed by atoms with Gasteiger partial charge in [-0.15, -0.1) is 0 Å². The first-order valence-corrected chi connectivity index (χ1v) is 18.6. The van der Waals surface area contributed by atoms with E-state index in [-0.39, 0.29) is 67.3 Å². The van der Waals surface area contributed by atoms with Gasteiger partial charge >= 0.3 is 0 Å². The smallest absolute Gasteiger partial charge is 0.160 e. The highest BCUT2D eigenvalue weighted by molar-refractivity contribution is 5.96. The van der Waals surface area contributed by atoms with Crippen LogP contribution in [0.15, 0.2) is 23.8 Å². The molecule has 1 spiro atoms. The fraction of sp³-hybridized carbons (Fsp3) is 0.769. The number of phenols is 2. The molecule has 0 radical (unpaired) electrons. The summed E-state index contributed by atoms with van der Waals surface area (Å²) in [6.07, 6.45) is 2.57. The SMILES string of the molecule is C[C@H]1[C@H](C)CCC[C@]2(O[C@H]3C[C@@]4(O)C5=CC(=O)[C@@H]6[C@H]7c8cc(O)cc(O)c8CC[C@]7(O)[C@@H](O)C[C@]6(C)[C@H]5CC[C@]4(C)[C@H]3[C@]2(O)CCO)[C@H]1O. The molecule has 0 unspecified atom stereocenters. The zero-order valence-corrected chi connectivity index (χ0v) is 29.1. The number of benzene rings is 1. The van der Waals surface area contributed by atoms with Gasteiger partial charge in [0, 0.05) is 48.7 Å². The summed E-state index contributed by atoms with van der Waals surface area (Å²) < 4.78 is 6.91. The van der Waals surface area contributed by atoms with Gasteiger partial charge in [-0.05, 0) is 90.5 Å². The molecule has 1 heterocycles. The van der Waals surface area contributed by atoms with E-state index in [4.69, 9.17) is 4.74 Å². The fourth-order valence-electron chi connectivity index (χ4n) is 13.5. The molecule has 8 N–H and O–H groups in total. The lowest BCUT2D eigenvalue weighted by Gasteiger charge is -2.64. The number of fused-ring (bicyclic) bond motifs is 11. The highest BCUT2D eigenvalue weighted by Crippen LogP contribution is 2.74. The number of carbonyl (C=O) groups excluding carboxylic acids is 1. The van der Waals surface area contributed by atoms with E-state index < -0.39 is 69.3 Å². The van der Waals surface area contributed by atoms with E-state index in [1.807, 2.05) is 20.8 Å². The summed E-state index contributed by atoms with van der Waals surface area (Å²) in [5, 5.41) is 93.4. The molecule has 1 aromatic carbocycles. The summed E-state index contributed by atoms with van der Waals surface area (Å²) in [4.78, 5) is 14.6. The van der Waals surface area contributed by atoms with Crippen LogP contribution in [0.3, 0.4) is 0 Å². The molecule has 49 heavy (non-hydrogen) atoms. The number of rotatable bonds is 2. The number of aromatic hydroxyl groups is 2. The topological polar surface area (TPSA) is 188 Å². The van der Waals surface area contributed by atoms with Gasteiger partial charge in [-0.3, -0.25) is 4.79 Å². The maximum atomic E-state index is 14.6. The van der Waals surface area contributed by atoms with Gasteiger partial charge in [0.25, 0.3) is 0 Å². The standard InChI is InChI=1S/C39H54O10/c1-19-6-5-9-39(33(45)20(19)2)37(47,12-13-40)32-28(49-39)17-38(48)25-16-27(43)31-30-23-14-21(41)15-26(42)22(23)7-11-36(30,46)29(44)18-34(31,3)24(25)8-10-35(32,38)4/h14-16,19-20,24,28-33,40-42,44-48H,5-13,17-18H2,1-4H3/t19-,20+,24+,28+,29+,30-,31-,32+,33+,34-,35-,36+,37-,38-,39+/m1/s1. The molecule has 4 saturated carbocycles. The zero-order chi connectivity index (χ0) is 35.3. The third kappa shape index (κ3) is 3.95. The van der Waals surface area contributed by atoms with Crippen LogP contribution in [0.5, 0.6) is 11.5 Å². The second-order valence-corrected chi connectivity index (χ2v) is 17.9. The summed E-state index contributed by atoms with van der Waals surface area (Å²) in [7, 11) is 0. The number of hydrogen-bond acceptors (Lipinski definition) is 10. The van der Waals surface area contributed by atoms with E-state index in [0.717, 1.165) is 12.8 Å². The molecule has 10 heteroatoms. The number of ether oxygens (including phenoxy) is 1. The maximum absolute atomic E-state index is 14.6. The van der Waals surface area contributed by atoms with Gasteiger partial charge in [-0.2, -0.15) is 0 Å². The van der Waals surface area contributed by atoms with Crippen LogP contribution >= 0.6 is 0 Å². The second kappa shape index (κ2) is 10.5. The summed E-state index contributed by atoms with van der Waals surface area (Å²) in [6.45, 7) is 7.72. The zero-order valence-electron chi connectivity index (χ0n) is 29.1. The Morgan fingerprint density at radius 3 is 2.41 bits per heavy atom. The lowest BCUT2D eigenvalue weighted by Crippen LogP contribution is -2.69. The Kier molecular flexibility index (Phi) is 7.31. The Bertz CT molecular complexity index is 1610. The van der Waals surface area contributed by atoms with Gasteiger partial charge in [0.1, 0.15) is 22.7 Å². The van der Waals surface area contributed by atoms with Crippen molar-refractivity contribution in [1.82, 2.24) is 0 Å².